The maximum atomic E-state index is 11.4. The molecule has 3 atom stereocenters. The highest BCUT2D eigenvalue weighted by Crippen LogP contribution is 2.04. The van der Waals surface area contributed by atoms with E-state index < -0.39 is 6.04 Å². The molecule has 0 rings (SSSR count). The molecule has 0 aliphatic carbocycles. The third-order valence-electron chi connectivity index (χ3n) is 1.94. The standard InChI is InChI=1S/C11H24N2O3/c1-7(2)5-10(13)11(14)15-6-8(3)16-9(4)12/h7-10H,5-6,12-13H2,1-4H3. The molecule has 0 radical (unpaired) electrons. The molecule has 0 aromatic rings. The molecule has 0 heterocycles. The Balaban J connectivity index is 3.79. The molecule has 0 fully saturated rings. The molecule has 0 aliphatic heterocycles. The summed E-state index contributed by atoms with van der Waals surface area (Å²) in [5, 5.41) is 0. The third-order valence-corrected chi connectivity index (χ3v) is 1.94. The zero-order chi connectivity index (χ0) is 12.7. The van der Waals surface area contributed by atoms with Gasteiger partial charge in [0.1, 0.15) is 18.9 Å². The quantitative estimate of drug-likeness (QED) is 0.496. The molecular formula is C11H24N2O3. The molecule has 16 heavy (non-hydrogen) atoms. The molecule has 96 valence electrons. The van der Waals surface area contributed by atoms with Crippen LogP contribution in [0.2, 0.25) is 0 Å². The monoisotopic (exact) mass is 232 g/mol. The van der Waals surface area contributed by atoms with Gasteiger partial charge >= 0.3 is 5.97 Å². The van der Waals surface area contributed by atoms with E-state index in [0.29, 0.717) is 12.3 Å². The van der Waals surface area contributed by atoms with Gasteiger partial charge in [-0.2, -0.15) is 0 Å². The van der Waals surface area contributed by atoms with Crippen LogP contribution in [0.5, 0.6) is 0 Å². The van der Waals surface area contributed by atoms with Crippen LogP contribution in [-0.2, 0) is 14.3 Å². The molecule has 5 heteroatoms. The summed E-state index contributed by atoms with van der Waals surface area (Å²) in [6, 6.07) is -0.553. The zero-order valence-electron chi connectivity index (χ0n) is 10.6. The average molecular weight is 232 g/mol. The van der Waals surface area contributed by atoms with Crippen molar-refractivity contribution in [2.75, 3.05) is 6.61 Å². The largest absolute Gasteiger partial charge is 0.462 e. The van der Waals surface area contributed by atoms with Crippen LogP contribution in [0.25, 0.3) is 0 Å². The van der Waals surface area contributed by atoms with E-state index in [1.165, 1.54) is 0 Å². The van der Waals surface area contributed by atoms with Gasteiger partial charge in [0, 0.05) is 0 Å². The molecule has 3 unspecified atom stereocenters. The molecule has 0 spiro atoms. The number of hydrogen-bond acceptors (Lipinski definition) is 5. The number of hydrogen-bond donors (Lipinski definition) is 2. The van der Waals surface area contributed by atoms with Crippen molar-refractivity contribution in [2.24, 2.45) is 17.4 Å². The first-order valence-electron chi connectivity index (χ1n) is 5.66. The fourth-order valence-corrected chi connectivity index (χ4v) is 1.32. The van der Waals surface area contributed by atoms with Crippen molar-refractivity contribution in [2.45, 2.75) is 52.5 Å². The summed E-state index contributed by atoms with van der Waals surface area (Å²) in [5.41, 5.74) is 11.1. The lowest BCUT2D eigenvalue weighted by Crippen LogP contribution is -2.36. The molecular weight excluding hydrogens is 208 g/mol. The Bertz CT molecular complexity index is 207. The molecule has 0 saturated heterocycles. The molecule has 0 bridgehead atoms. The highest BCUT2D eigenvalue weighted by molar-refractivity contribution is 5.75. The molecule has 0 aliphatic rings. The van der Waals surface area contributed by atoms with Crippen molar-refractivity contribution in [3.05, 3.63) is 0 Å². The number of carbonyl (C=O) groups excluding carboxylic acids is 1. The molecule has 0 amide bonds. The SMILES string of the molecule is CC(C)CC(N)C(=O)OCC(C)OC(C)N. The van der Waals surface area contributed by atoms with E-state index in [1.54, 1.807) is 13.8 Å². The number of ether oxygens (including phenoxy) is 2. The van der Waals surface area contributed by atoms with Gasteiger partial charge in [0.25, 0.3) is 0 Å². The zero-order valence-corrected chi connectivity index (χ0v) is 10.6. The predicted molar refractivity (Wildman–Crippen MR) is 62.6 cm³/mol. The Hall–Kier alpha value is -0.650. The van der Waals surface area contributed by atoms with Crippen LogP contribution in [0.1, 0.15) is 34.1 Å². The summed E-state index contributed by atoms with van der Waals surface area (Å²) >= 11 is 0. The summed E-state index contributed by atoms with van der Waals surface area (Å²) in [7, 11) is 0. The number of nitrogens with two attached hydrogens (primary N) is 2. The maximum Gasteiger partial charge on any atom is 0.323 e. The lowest BCUT2D eigenvalue weighted by Gasteiger charge is -2.18. The summed E-state index contributed by atoms with van der Waals surface area (Å²) in [4.78, 5) is 11.4. The smallest absolute Gasteiger partial charge is 0.323 e. The highest BCUT2D eigenvalue weighted by Gasteiger charge is 2.17. The first-order valence-corrected chi connectivity index (χ1v) is 5.66. The van der Waals surface area contributed by atoms with Crippen LogP contribution in [0.15, 0.2) is 0 Å². The van der Waals surface area contributed by atoms with Crippen molar-refractivity contribution < 1.29 is 14.3 Å². The molecule has 5 nitrogen and oxygen atoms in total. The molecule has 0 aromatic heterocycles. The van der Waals surface area contributed by atoms with Gasteiger partial charge in [0.05, 0.1) is 6.10 Å². The Morgan fingerprint density at radius 3 is 2.19 bits per heavy atom. The van der Waals surface area contributed by atoms with Gasteiger partial charge in [-0.25, -0.2) is 0 Å². The summed E-state index contributed by atoms with van der Waals surface area (Å²) in [6.07, 6.45) is 0.0506. The minimum absolute atomic E-state index is 0.187. The fourth-order valence-electron chi connectivity index (χ4n) is 1.32. The fraction of sp³-hybridized carbons (Fsp3) is 0.909. The molecule has 0 saturated carbocycles. The van der Waals surface area contributed by atoms with E-state index in [2.05, 4.69) is 0 Å². The van der Waals surface area contributed by atoms with E-state index in [0.717, 1.165) is 0 Å². The van der Waals surface area contributed by atoms with Gasteiger partial charge in [-0.3, -0.25) is 4.79 Å². The van der Waals surface area contributed by atoms with Gasteiger partial charge in [-0.05, 0) is 26.2 Å². The van der Waals surface area contributed by atoms with Crippen LogP contribution in [0.3, 0.4) is 0 Å². The van der Waals surface area contributed by atoms with E-state index in [4.69, 9.17) is 20.9 Å². The Kier molecular flexibility index (Phi) is 7.29. The van der Waals surface area contributed by atoms with E-state index in [1.807, 2.05) is 13.8 Å². The van der Waals surface area contributed by atoms with Gasteiger partial charge in [0.2, 0.25) is 0 Å². The van der Waals surface area contributed by atoms with Crippen molar-refractivity contribution >= 4 is 5.97 Å². The highest BCUT2D eigenvalue weighted by atomic mass is 16.6. The Morgan fingerprint density at radius 1 is 1.19 bits per heavy atom. The van der Waals surface area contributed by atoms with E-state index in [-0.39, 0.29) is 24.9 Å². The number of carbonyl (C=O) groups is 1. The van der Waals surface area contributed by atoms with Gasteiger partial charge in [0.15, 0.2) is 0 Å². The summed E-state index contributed by atoms with van der Waals surface area (Å²) < 4.78 is 10.2. The number of esters is 1. The molecule has 0 aromatic carbocycles. The lowest BCUT2D eigenvalue weighted by molar-refractivity contribution is -0.150. The van der Waals surface area contributed by atoms with Crippen molar-refractivity contribution in [3.8, 4) is 0 Å². The summed E-state index contributed by atoms with van der Waals surface area (Å²) in [5.74, 6) is -0.00545. The van der Waals surface area contributed by atoms with Gasteiger partial charge in [-0.1, -0.05) is 13.8 Å². The first-order chi connectivity index (χ1) is 7.32. The van der Waals surface area contributed by atoms with Crippen LogP contribution in [-0.4, -0.2) is 30.9 Å². The minimum Gasteiger partial charge on any atom is -0.462 e. The normalized spacial score (nSPS) is 16.9. The Morgan fingerprint density at radius 2 is 1.75 bits per heavy atom. The summed E-state index contributed by atoms with van der Waals surface area (Å²) in [6.45, 7) is 7.73. The van der Waals surface area contributed by atoms with Crippen LogP contribution in [0, 0.1) is 5.92 Å². The van der Waals surface area contributed by atoms with Crippen LogP contribution < -0.4 is 11.5 Å². The first kappa shape index (κ1) is 15.3. The van der Waals surface area contributed by atoms with Gasteiger partial charge < -0.3 is 20.9 Å². The average Bonchev–Trinajstić information content (AvgIpc) is 2.11. The van der Waals surface area contributed by atoms with Gasteiger partial charge in [-0.15, -0.1) is 0 Å². The van der Waals surface area contributed by atoms with Crippen LogP contribution in [0.4, 0.5) is 0 Å². The van der Waals surface area contributed by atoms with E-state index >= 15 is 0 Å². The van der Waals surface area contributed by atoms with Crippen molar-refractivity contribution in [1.82, 2.24) is 0 Å². The lowest BCUT2D eigenvalue weighted by atomic mass is 10.1. The number of rotatable bonds is 7. The van der Waals surface area contributed by atoms with Crippen LogP contribution >= 0.6 is 0 Å². The second kappa shape index (κ2) is 7.60. The second-order valence-electron chi connectivity index (χ2n) is 4.52. The topological polar surface area (TPSA) is 87.6 Å². The van der Waals surface area contributed by atoms with Crippen molar-refractivity contribution in [3.63, 3.8) is 0 Å². The Labute approximate surface area is 97.5 Å². The molecule has 4 N–H and O–H groups in total. The third kappa shape index (κ3) is 7.62. The van der Waals surface area contributed by atoms with Crippen molar-refractivity contribution in [1.29, 1.82) is 0 Å². The van der Waals surface area contributed by atoms with E-state index in [9.17, 15) is 4.79 Å². The maximum absolute atomic E-state index is 11.4. The minimum atomic E-state index is -0.553. The second-order valence-corrected chi connectivity index (χ2v) is 4.52. The predicted octanol–water partition coefficient (Wildman–Crippen LogP) is 0.613.